The van der Waals surface area contributed by atoms with Gasteiger partial charge in [0.25, 0.3) is 6.71 Å². The highest BCUT2D eigenvalue weighted by atomic mass is 32.1. The normalized spacial score (nSPS) is 20.3. The van der Waals surface area contributed by atoms with E-state index < -0.39 is 0 Å². The SMILES string of the molecule is CC(C)(C)c1ccc(N2c3ccc(C(C)(C)C)cc3B3c4c2cc(-c2ccc5c(c2)C(C)(C)CCC5(C)C)cc4N(c2ccc4c(c2)C(C)(C)CCC4(C)C)c2sc4cc5c(cc4c23)C(C)(C)CCC5(C)C)cc1. The molecule has 1 aromatic heterocycles. The van der Waals surface area contributed by atoms with Crippen LogP contribution in [0.25, 0.3) is 21.2 Å². The van der Waals surface area contributed by atoms with Crippen molar-refractivity contribution in [3.05, 3.63) is 148 Å². The molecule has 5 aliphatic rings. The van der Waals surface area contributed by atoms with Crippen LogP contribution in [0.2, 0.25) is 0 Å². The average molecular weight is 995 g/mol. The summed E-state index contributed by atoms with van der Waals surface area (Å²) >= 11 is 2.04. The molecule has 0 saturated heterocycles. The lowest BCUT2D eigenvalue weighted by atomic mass is 9.33. The first-order valence-corrected chi connectivity index (χ1v) is 29.1. The monoisotopic (exact) mass is 995 g/mol. The first-order chi connectivity index (χ1) is 34.4. The van der Waals surface area contributed by atoms with Crippen molar-refractivity contribution in [1.82, 2.24) is 0 Å². The fourth-order valence-corrected chi connectivity index (χ4v) is 15.6. The Morgan fingerprint density at radius 1 is 0.392 bits per heavy atom. The molecule has 382 valence electrons. The summed E-state index contributed by atoms with van der Waals surface area (Å²) in [5.74, 6) is 0. The molecule has 0 amide bonds. The van der Waals surface area contributed by atoms with E-state index in [0.717, 1.165) is 0 Å². The van der Waals surface area contributed by atoms with Crippen molar-refractivity contribution in [1.29, 1.82) is 0 Å². The number of rotatable bonds is 3. The van der Waals surface area contributed by atoms with Gasteiger partial charge in [-0.15, -0.1) is 11.3 Å². The molecule has 6 aromatic carbocycles. The highest BCUT2D eigenvalue weighted by Gasteiger charge is 2.48. The zero-order valence-electron chi connectivity index (χ0n) is 48.4. The lowest BCUT2D eigenvalue weighted by Gasteiger charge is -2.45. The summed E-state index contributed by atoms with van der Waals surface area (Å²) < 4.78 is 1.41. The fourth-order valence-electron chi connectivity index (χ4n) is 14.3. The van der Waals surface area contributed by atoms with E-state index in [-0.39, 0.29) is 50.0 Å². The second-order valence-electron chi connectivity index (χ2n) is 29.9. The van der Waals surface area contributed by atoms with E-state index in [2.05, 4.69) is 238 Å². The van der Waals surface area contributed by atoms with Gasteiger partial charge >= 0.3 is 0 Å². The summed E-state index contributed by atoms with van der Waals surface area (Å²) in [4.78, 5) is 5.42. The van der Waals surface area contributed by atoms with E-state index in [1.54, 1.807) is 0 Å². The zero-order chi connectivity index (χ0) is 52.8. The summed E-state index contributed by atoms with van der Waals surface area (Å²) in [5.41, 5.74) is 25.6. The van der Waals surface area contributed by atoms with Gasteiger partial charge in [0, 0.05) is 33.1 Å². The Hall–Kier alpha value is -5.06. The number of hydrogen-bond donors (Lipinski definition) is 0. The first-order valence-electron chi connectivity index (χ1n) is 28.3. The molecule has 2 nitrogen and oxygen atoms in total. The summed E-state index contributed by atoms with van der Waals surface area (Å²) in [7, 11) is 0. The van der Waals surface area contributed by atoms with Crippen molar-refractivity contribution < 1.29 is 0 Å². The maximum absolute atomic E-state index is 2.76. The van der Waals surface area contributed by atoms with Crippen LogP contribution in [-0.2, 0) is 43.3 Å². The van der Waals surface area contributed by atoms with Gasteiger partial charge in [-0.3, -0.25) is 0 Å². The third-order valence-corrected chi connectivity index (χ3v) is 21.0. The van der Waals surface area contributed by atoms with E-state index in [0.29, 0.717) is 0 Å². The predicted octanol–water partition coefficient (Wildman–Crippen LogP) is 18.3. The van der Waals surface area contributed by atoms with Crippen LogP contribution in [0, 0.1) is 0 Å². The van der Waals surface area contributed by atoms with Crippen molar-refractivity contribution >= 4 is 78.0 Å². The molecule has 12 rings (SSSR count). The predicted molar refractivity (Wildman–Crippen MR) is 325 cm³/mol. The molecule has 74 heavy (non-hydrogen) atoms. The highest BCUT2D eigenvalue weighted by molar-refractivity contribution is 7.26. The first kappa shape index (κ1) is 49.8. The van der Waals surface area contributed by atoms with Crippen LogP contribution in [0.15, 0.2) is 103 Å². The number of thiophene rings is 1. The molecule has 7 aromatic rings. The average Bonchev–Trinajstić information content (AvgIpc) is 3.75. The Balaban J connectivity index is 1.23. The molecule has 0 saturated carbocycles. The Morgan fingerprint density at radius 2 is 0.851 bits per heavy atom. The van der Waals surface area contributed by atoms with Crippen molar-refractivity contribution in [3.63, 3.8) is 0 Å². The molecule has 3 aliphatic carbocycles. The smallest absolute Gasteiger partial charge is 0.254 e. The molecule has 0 fully saturated rings. The van der Waals surface area contributed by atoms with Gasteiger partial charge in [-0.1, -0.05) is 173 Å². The second-order valence-corrected chi connectivity index (χ2v) is 30.9. The van der Waals surface area contributed by atoms with Crippen LogP contribution in [0.1, 0.15) is 208 Å². The van der Waals surface area contributed by atoms with E-state index in [4.69, 9.17) is 0 Å². The van der Waals surface area contributed by atoms with E-state index in [1.165, 1.54) is 154 Å². The maximum atomic E-state index is 2.76. The number of nitrogens with zero attached hydrogens (tertiary/aromatic N) is 2. The molecule has 0 atom stereocenters. The molecule has 0 unspecified atom stereocenters. The molecular weight excluding hydrogens is 912 g/mol. The van der Waals surface area contributed by atoms with E-state index in [1.807, 2.05) is 11.3 Å². The summed E-state index contributed by atoms with van der Waals surface area (Å²) in [5, 5.41) is 2.80. The minimum absolute atomic E-state index is 0.0190. The van der Waals surface area contributed by atoms with E-state index in [9.17, 15) is 0 Å². The Bertz CT molecular complexity index is 3480. The molecule has 0 spiro atoms. The number of benzene rings is 6. The summed E-state index contributed by atoms with van der Waals surface area (Å²) in [6.07, 6.45) is 7.15. The van der Waals surface area contributed by atoms with E-state index >= 15 is 0 Å². The number of fused-ring (bicyclic) bond motifs is 9. The van der Waals surface area contributed by atoms with Crippen molar-refractivity contribution in [2.75, 3.05) is 9.80 Å². The van der Waals surface area contributed by atoms with Crippen LogP contribution in [-0.4, -0.2) is 6.71 Å². The Kier molecular flexibility index (Phi) is 10.6. The molecule has 3 heterocycles. The van der Waals surface area contributed by atoms with Crippen LogP contribution in [0.4, 0.5) is 33.4 Å². The highest BCUT2D eigenvalue weighted by Crippen LogP contribution is 2.55. The van der Waals surface area contributed by atoms with Gasteiger partial charge in [0.2, 0.25) is 0 Å². The van der Waals surface area contributed by atoms with Gasteiger partial charge in [0.1, 0.15) is 0 Å². The maximum Gasteiger partial charge on any atom is 0.254 e. The molecule has 2 aliphatic heterocycles. The van der Waals surface area contributed by atoms with Crippen LogP contribution >= 0.6 is 11.3 Å². The lowest BCUT2D eigenvalue weighted by molar-refractivity contribution is 0.332. The molecular formula is C70H83BN2S. The minimum Gasteiger partial charge on any atom is -0.311 e. The van der Waals surface area contributed by atoms with Crippen molar-refractivity contribution in [3.8, 4) is 11.1 Å². The second kappa shape index (κ2) is 15.8. The fraction of sp³-hybridized carbons (Fsp3) is 0.457. The van der Waals surface area contributed by atoms with Gasteiger partial charge in [-0.2, -0.15) is 0 Å². The van der Waals surface area contributed by atoms with Crippen LogP contribution in [0.5, 0.6) is 0 Å². The lowest BCUT2D eigenvalue weighted by Crippen LogP contribution is -2.61. The molecule has 0 N–H and O–H groups in total. The van der Waals surface area contributed by atoms with Gasteiger partial charge < -0.3 is 9.80 Å². The summed E-state index contributed by atoms with van der Waals surface area (Å²) in [6, 6.07) is 42.8. The third-order valence-electron chi connectivity index (χ3n) is 19.8. The van der Waals surface area contributed by atoms with Crippen LogP contribution < -0.4 is 26.2 Å². The van der Waals surface area contributed by atoms with Crippen molar-refractivity contribution in [2.24, 2.45) is 0 Å². The molecule has 0 radical (unpaired) electrons. The minimum atomic E-state index is -0.0331. The number of hydrogen-bond acceptors (Lipinski definition) is 3. The number of anilines is 6. The zero-order valence-corrected chi connectivity index (χ0v) is 49.3. The van der Waals surface area contributed by atoms with Gasteiger partial charge in [-0.05, 0) is 214 Å². The molecule has 4 heteroatoms. The topological polar surface area (TPSA) is 6.48 Å². The largest absolute Gasteiger partial charge is 0.311 e. The quantitative estimate of drug-likeness (QED) is 0.163. The Morgan fingerprint density at radius 3 is 1.41 bits per heavy atom. The Labute approximate surface area is 450 Å². The summed E-state index contributed by atoms with van der Waals surface area (Å²) in [6.45, 7) is 43.9. The van der Waals surface area contributed by atoms with Gasteiger partial charge in [-0.25, -0.2) is 0 Å². The molecule has 0 bridgehead atoms. The van der Waals surface area contributed by atoms with Gasteiger partial charge in [0.05, 0.1) is 5.00 Å². The van der Waals surface area contributed by atoms with Gasteiger partial charge in [0.15, 0.2) is 0 Å². The third kappa shape index (κ3) is 7.51. The van der Waals surface area contributed by atoms with Crippen LogP contribution in [0.3, 0.4) is 0 Å². The van der Waals surface area contributed by atoms with Crippen molar-refractivity contribution in [2.45, 2.75) is 206 Å². The standard InChI is InChI=1S/C70H83BN2S/c1-63(2,3)44-20-23-46(24-21-44)72-56-28-22-45(64(4,5)6)38-55(56)71-60-48-40-53-54(70(17,18)34-33-69(53,15)16)41-59(48)74-62(60)73(47-25-27-50-52(39-47)68(13,14)32-30-66(50,9)10)58-37-43(36-57(72)61(58)71)42-19-26-49-51(35-42)67(11,12)31-29-65(49,7)8/h19-28,35-41H,29-34H2,1-18H3.